The van der Waals surface area contributed by atoms with E-state index in [4.69, 9.17) is 13.9 Å². The van der Waals surface area contributed by atoms with Crippen LogP contribution in [0.2, 0.25) is 0 Å². The summed E-state index contributed by atoms with van der Waals surface area (Å²) in [7, 11) is 0. The fourth-order valence-corrected chi connectivity index (χ4v) is 5.57. The molecule has 2 fully saturated rings. The van der Waals surface area contributed by atoms with Crippen LogP contribution >= 0.6 is 0 Å². The number of hydrogen-bond donors (Lipinski definition) is 1. The van der Waals surface area contributed by atoms with Crippen LogP contribution in [0.4, 0.5) is 0 Å². The predicted molar refractivity (Wildman–Crippen MR) is 83.8 cm³/mol. The molecule has 6 heteroatoms. The van der Waals surface area contributed by atoms with Gasteiger partial charge < -0.3 is 19.0 Å². The Hall–Kier alpha value is -2.08. The van der Waals surface area contributed by atoms with Gasteiger partial charge in [0, 0.05) is 35.5 Å². The van der Waals surface area contributed by atoms with Crippen LogP contribution in [0.3, 0.4) is 0 Å². The first-order chi connectivity index (χ1) is 12.0. The molecule has 0 radical (unpaired) electrons. The van der Waals surface area contributed by atoms with E-state index in [1.165, 1.54) is 0 Å². The number of aliphatic hydroxyl groups is 1. The Morgan fingerprint density at radius 1 is 1.28 bits per heavy atom. The summed E-state index contributed by atoms with van der Waals surface area (Å²) < 4.78 is 16.2. The second kappa shape index (κ2) is 4.75. The number of hydrogen-bond acceptors (Lipinski definition) is 6. The maximum Gasteiger partial charge on any atom is 0.336 e. The molecule has 0 bridgehead atoms. The van der Waals surface area contributed by atoms with Crippen LogP contribution < -0.4 is 0 Å². The second-order valence-electron chi connectivity index (χ2n) is 7.81. The summed E-state index contributed by atoms with van der Waals surface area (Å²) in [6.45, 7) is 1.95. The lowest BCUT2D eigenvalue weighted by molar-refractivity contribution is -0.205. The summed E-state index contributed by atoms with van der Waals surface area (Å²) in [5, 5.41) is 11.0. The Bertz CT molecular complexity index is 793. The molecule has 25 heavy (non-hydrogen) atoms. The molecule has 132 valence electrons. The van der Waals surface area contributed by atoms with E-state index in [9.17, 15) is 14.7 Å². The normalized spacial score (nSPS) is 42.6. The number of carbonyl (C=O) groups excluding carboxylic acids is 2. The zero-order valence-electron chi connectivity index (χ0n) is 14.0. The Labute approximate surface area is 144 Å². The molecule has 1 saturated carbocycles. The van der Waals surface area contributed by atoms with E-state index in [1.807, 2.05) is 13.0 Å². The molecule has 2 aliphatic heterocycles. The van der Waals surface area contributed by atoms with E-state index in [-0.39, 0.29) is 30.3 Å². The third kappa shape index (κ3) is 1.78. The van der Waals surface area contributed by atoms with E-state index in [1.54, 1.807) is 12.5 Å². The fraction of sp³-hybridized carbons (Fsp3) is 0.579. The number of carbonyl (C=O) groups is 2. The van der Waals surface area contributed by atoms with Crippen LogP contribution in [0.5, 0.6) is 0 Å². The summed E-state index contributed by atoms with van der Waals surface area (Å²) in [6, 6.07) is 1.81. The monoisotopic (exact) mass is 344 g/mol. The molecule has 1 aromatic rings. The van der Waals surface area contributed by atoms with Crippen molar-refractivity contribution < 1.29 is 28.6 Å². The molecule has 0 amide bonds. The van der Waals surface area contributed by atoms with Gasteiger partial charge in [0.1, 0.15) is 6.10 Å². The Morgan fingerprint density at radius 2 is 2.12 bits per heavy atom. The van der Waals surface area contributed by atoms with Crippen molar-refractivity contribution in [3.05, 3.63) is 35.3 Å². The van der Waals surface area contributed by atoms with Crippen LogP contribution in [0.15, 0.2) is 34.2 Å². The molecule has 6 nitrogen and oxygen atoms in total. The van der Waals surface area contributed by atoms with Crippen molar-refractivity contribution in [1.82, 2.24) is 0 Å². The van der Waals surface area contributed by atoms with Crippen molar-refractivity contribution >= 4 is 11.9 Å². The van der Waals surface area contributed by atoms with E-state index in [0.29, 0.717) is 24.0 Å². The molecule has 4 aliphatic rings. The predicted octanol–water partition coefficient (Wildman–Crippen LogP) is 2.64. The third-order valence-corrected chi connectivity index (χ3v) is 6.67. The highest BCUT2D eigenvalue weighted by Gasteiger charge is 2.68. The Kier molecular flexibility index (Phi) is 2.89. The molecule has 3 heterocycles. The van der Waals surface area contributed by atoms with Crippen LogP contribution in [-0.2, 0) is 19.1 Å². The van der Waals surface area contributed by atoms with E-state index < -0.39 is 17.2 Å². The quantitative estimate of drug-likeness (QED) is 0.788. The lowest BCUT2D eigenvalue weighted by Gasteiger charge is -2.49. The zero-order chi connectivity index (χ0) is 17.4. The standard InChI is InChI=1S/C19H20O6/c1-10-7-19(22)15-12(16(20)25-19)3-2-4-13(15)18(10)8-14(24-17(18)21)11-5-6-23-9-11/h5-6,9-10,13-14,22H,2-4,7-8H2,1H3/t10-,13+,14+,18-,19+/m1/s1. The minimum absolute atomic E-state index is 0.152. The van der Waals surface area contributed by atoms with Gasteiger partial charge in [0.15, 0.2) is 0 Å². The zero-order valence-corrected chi connectivity index (χ0v) is 14.0. The summed E-state index contributed by atoms with van der Waals surface area (Å²) in [5.74, 6) is -2.56. The van der Waals surface area contributed by atoms with Gasteiger partial charge in [0.25, 0.3) is 0 Å². The summed E-state index contributed by atoms with van der Waals surface area (Å²) >= 11 is 0. The van der Waals surface area contributed by atoms with Crippen molar-refractivity contribution in [2.24, 2.45) is 17.3 Å². The van der Waals surface area contributed by atoms with Gasteiger partial charge in [0.2, 0.25) is 5.79 Å². The van der Waals surface area contributed by atoms with Gasteiger partial charge in [0.05, 0.1) is 17.9 Å². The van der Waals surface area contributed by atoms with Crippen molar-refractivity contribution in [2.45, 2.75) is 50.9 Å². The summed E-state index contributed by atoms with van der Waals surface area (Å²) in [6.07, 6.45) is 5.79. The average molecular weight is 344 g/mol. The number of fused-ring (bicyclic) bond motifs is 1. The molecule has 0 aromatic carbocycles. The average Bonchev–Trinajstić information content (AvgIpc) is 3.25. The Morgan fingerprint density at radius 3 is 2.88 bits per heavy atom. The first-order valence-corrected chi connectivity index (χ1v) is 8.88. The molecule has 5 atom stereocenters. The molecule has 5 rings (SSSR count). The van der Waals surface area contributed by atoms with Crippen LogP contribution in [0.1, 0.15) is 50.7 Å². The van der Waals surface area contributed by atoms with E-state index in [2.05, 4.69) is 0 Å². The highest BCUT2D eigenvalue weighted by Crippen LogP contribution is 2.64. The second-order valence-corrected chi connectivity index (χ2v) is 7.81. The first kappa shape index (κ1) is 15.2. The van der Waals surface area contributed by atoms with Gasteiger partial charge in [-0.25, -0.2) is 4.79 Å². The minimum Gasteiger partial charge on any atom is -0.472 e. The van der Waals surface area contributed by atoms with Crippen LogP contribution in [0.25, 0.3) is 0 Å². The smallest absolute Gasteiger partial charge is 0.336 e. The molecular formula is C19H20O6. The van der Waals surface area contributed by atoms with Gasteiger partial charge >= 0.3 is 11.9 Å². The van der Waals surface area contributed by atoms with E-state index >= 15 is 0 Å². The minimum atomic E-state index is -1.55. The number of furan rings is 1. The highest BCUT2D eigenvalue weighted by atomic mass is 16.7. The topological polar surface area (TPSA) is 86.0 Å². The molecule has 0 unspecified atom stereocenters. The number of ether oxygens (including phenoxy) is 2. The van der Waals surface area contributed by atoms with Crippen molar-refractivity contribution in [3.8, 4) is 0 Å². The SMILES string of the molecule is C[C@@H]1C[C@]2(O)OC(=O)C3=C2[C@H](CCC3)[C@@]12C[C@@H](c1ccoc1)OC2=O. The highest BCUT2D eigenvalue weighted by molar-refractivity contribution is 5.94. The number of rotatable bonds is 1. The van der Waals surface area contributed by atoms with Gasteiger partial charge in [-0.2, -0.15) is 0 Å². The summed E-state index contributed by atoms with van der Waals surface area (Å²) in [4.78, 5) is 25.3. The molecule has 2 aliphatic carbocycles. The number of cyclic esters (lactones) is 1. The number of esters is 2. The largest absolute Gasteiger partial charge is 0.472 e. The maximum absolute atomic E-state index is 13.1. The molecule has 1 aromatic heterocycles. The van der Waals surface area contributed by atoms with E-state index in [0.717, 1.165) is 18.4 Å². The van der Waals surface area contributed by atoms with Gasteiger partial charge in [-0.3, -0.25) is 4.79 Å². The Balaban J connectivity index is 1.62. The van der Waals surface area contributed by atoms with Crippen LogP contribution in [0, 0.1) is 17.3 Å². The van der Waals surface area contributed by atoms with Crippen molar-refractivity contribution in [1.29, 1.82) is 0 Å². The molecular weight excluding hydrogens is 324 g/mol. The van der Waals surface area contributed by atoms with Gasteiger partial charge in [-0.15, -0.1) is 0 Å². The summed E-state index contributed by atoms with van der Waals surface area (Å²) in [5.41, 5.74) is 1.35. The van der Waals surface area contributed by atoms with Gasteiger partial charge in [-0.1, -0.05) is 6.92 Å². The first-order valence-electron chi connectivity index (χ1n) is 8.88. The van der Waals surface area contributed by atoms with Crippen LogP contribution in [-0.4, -0.2) is 22.8 Å². The third-order valence-electron chi connectivity index (χ3n) is 6.67. The fourth-order valence-electron chi connectivity index (χ4n) is 5.57. The molecule has 1 spiro atoms. The van der Waals surface area contributed by atoms with Gasteiger partial charge in [-0.05, 0) is 31.2 Å². The van der Waals surface area contributed by atoms with Crippen molar-refractivity contribution in [2.75, 3.05) is 0 Å². The lowest BCUT2D eigenvalue weighted by Crippen LogP contribution is -2.54. The molecule has 1 saturated heterocycles. The lowest BCUT2D eigenvalue weighted by atomic mass is 9.53. The maximum atomic E-state index is 13.1. The molecule has 1 N–H and O–H groups in total. The van der Waals surface area contributed by atoms with Crippen molar-refractivity contribution in [3.63, 3.8) is 0 Å².